The molecule has 2 aromatic heterocycles. The number of hydrogen-bond donors (Lipinski definition) is 0. The summed E-state index contributed by atoms with van der Waals surface area (Å²) >= 11 is 0. The van der Waals surface area contributed by atoms with Crippen LogP contribution < -0.4 is 23.0 Å². The van der Waals surface area contributed by atoms with Gasteiger partial charge in [-0.25, -0.2) is 18.6 Å². The van der Waals surface area contributed by atoms with Crippen molar-refractivity contribution < 1.29 is 37.7 Å². The molecule has 0 aliphatic rings. The molecule has 8 heteroatoms. The Labute approximate surface area is 122 Å². The normalized spacial score (nSPS) is 11.1. The van der Waals surface area contributed by atoms with Crippen LogP contribution in [-0.4, -0.2) is 4.98 Å². The first-order valence-corrected chi connectivity index (χ1v) is 7.01. The molecule has 0 radical (unpaired) electrons. The Balaban J connectivity index is 0.000000282. The summed E-state index contributed by atoms with van der Waals surface area (Å²) < 4.78 is 41.5. The first kappa shape index (κ1) is 15.4. The van der Waals surface area contributed by atoms with Crippen molar-refractivity contribution in [2.24, 2.45) is 0 Å². The molecular formula is C13H11ClN2O5. The highest BCUT2D eigenvalue weighted by molar-refractivity contribution is 5.56. The van der Waals surface area contributed by atoms with Crippen LogP contribution in [0.4, 0.5) is 0 Å². The van der Waals surface area contributed by atoms with Crippen LogP contribution >= 0.6 is 0 Å². The molecule has 110 valence electrons. The number of aryl methyl sites for hydroxylation is 1. The van der Waals surface area contributed by atoms with Crippen LogP contribution in [0.25, 0.3) is 17.2 Å². The van der Waals surface area contributed by atoms with E-state index in [-0.39, 0.29) is 0 Å². The molecule has 0 saturated heterocycles. The lowest BCUT2D eigenvalue weighted by Crippen LogP contribution is -2.68. The largest absolute Gasteiger partial charge is 0.508 e. The standard InChI is InChI=1S/C13H11N2O.ClHO4/c1-10-3-5-11(6-4-10)12-9-15-8-2-7-14-13(15)16-12;2-1(3,4)5/h2-9H,1H3;(H,2,3,4,5)/q+1;/p-1. The number of aromatic nitrogens is 2. The predicted molar refractivity (Wildman–Crippen MR) is 59.8 cm³/mol. The van der Waals surface area contributed by atoms with Gasteiger partial charge in [-0.2, -0.15) is 4.40 Å². The van der Waals surface area contributed by atoms with E-state index >= 15 is 0 Å². The van der Waals surface area contributed by atoms with E-state index in [4.69, 9.17) is 23.1 Å². The van der Waals surface area contributed by atoms with Gasteiger partial charge in [0.15, 0.2) is 5.76 Å². The zero-order valence-electron chi connectivity index (χ0n) is 10.9. The zero-order valence-corrected chi connectivity index (χ0v) is 11.7. The minimum absolute atomic E-state index is 0.609. The highest BCUT2D eigenvalue weighted by Crippen LogP contribution is 2.19. The molecule has 0 amide bonds. The summed E-state index contributed by atoms with van der Waals surface area (Å²) in [7, 11) is -4.94. The van der Waals surface area contributed by atoms with Crippen LogP contribution in [0.15, 0.2) is 53.3 Å². The molecule has 21 heavy (non-hydrogen) atoms. The fraction of sp³-hybridized carbons (Fsp3) is 0.0769. The topological polar surface area (TPSA) is 122 Å². The summed E-state index contributed by atoms with van der Waals surface area (Å²) in [6, 6.07) is 10.1. The average molecular weight is 311 g/mol. The molecule has 0 bridgehead atoms. The molecule has 0 aliphatic carbocycles. The maximum absolute atomic E-state index is 8.49. The van der Waals surface area contributed by atoms with Gasteiger partial charge in [0.25, 0.3) is 0 Å². The van der Waals surface area contributed by atoms with Gasteiger partial charge >= 0.3 is 5.84 Å². The Kier molecular flexibility index (Phi) is 4.51. The summed E-state index contributed by atoms with van der Waals surface area (Å²) in [4.78, 5) is 4.14. The van der Waals surface area contributed by atoms with Crippen molar-refractivity contribution in [3.63, 3.8) is 0 Å². The molecule has 0 atom stereocenters. The lowest BCUT2D eigenvalue weighted by Gasteiger charge is -2.17. The maximum atomic E-state index is 8.49. The molecule has 0 unspecified atom stereocenters. The molecule has 3 rings (SSSR count). The van der Waals surface area contributed by atoms with E-state index in [9.17, 15) is 0 Å². The van der Waals surface area contributed by atoms with Gasteiger partial charge in [0.1, 0.15) is 18.6 Å². The third-order valence-electron chi connectivity index (χ3n) is 2.53. The predicted octanol–water partition coefficient (Wildman–Crippen LogP) is -2.37. The van der Waals surface area contributed by atoms with E-state index < -0.39 is 10.2 Å². The molecule has 3 aromatic rings. The van der Waals surface area contributed by atoms with E-state index in [0.29, 0.717) is 5.84 Å². The van der Waals surface area contributed by atoms with Crippen LogP contribution in [0.1, 0.15) is 5.56 Å². The fourth-order valence-corrected chi connectivity index (χ4v) is 1.65. The van der Waals surface area contributed by atoms with Crippen molar-refractivity contribution in [3.8, 4) is 11.3 Å². The highest BCUT2D eigenvalue weighted by atomic mass is 35.7. The van der Waals surface area contributed by atoms with Gasteiger partial charge in [-0.15, -0.1) is 10.2 Å². The minimum Gasteiger partial charge on any atom is -0.384 e. The molecule has 0 spiro atoms. The summed E-state index contributed by atoms with van der Waals surface area (Å²) in [5.74, 6) is 1.44. The summed E-state index contributed by atoms with van der Waals surface area (Å²) in [5, 5.41) is 0. The smallest absolute Gasteiger partial charge is 0.384 e. The number of oxazole rings is 1. The van der Waals surface area contributed by atoms with Crippen LogP contribution in [0.2, 0.25) is 0 Å². The lowest BCUT2D eigenvalue weighted by molar-refractivity contribution is -2.00. The third kappa shape index (κ3) is 4.78. The van der Waals surface area contributed by atoms with Crippen LogP contribution in [0.5, 0.6) is 0 Å². The van der Waals surface area contributed by atoms with Crippen LogP contribution in [-0.2, 0) is 0 Å². The van der Waals surface area contributed by atoms with E-state index in [2.05, 4.69) is 24.0 Å². The first-order chi connectivity index (χ1) is 9.83. The molecule has 0 aliphatic heterocycles. The second-order valence-electron chi connectivity index (χ2n) is 4.15. The van der Waals surface area contributed by atoms with E-state index in [1.54, 1.807) is 6.20 Å². The van der Waals surface area contributed by atoms with Crippen LogP contribution in [0, 0.1) is 17.2 Å². The van der Waals surface area contributed by atoms with E-state index in [1.165, 1.54) is 5.56 Å². The van der Waals surface area contributed by atoms with Crippen molar-refractivity contribution in [1.82, 2.24) is 4.98 Å². The van der Waals surface area contributed by atoms with Crippen molar-refractivity contribution in [2.75, 3.05) is 0 Å². The Morgan fingerprint density at radius 2 is 1.71 bits per heavy atom. The second kappa shape index (κ2) is 6.17. The number of rotatable bonds is 1. The van der Waals surface area contributed by atoms with Gasteiger partial charge in [-0.05, 0) is 11.9 Å². The Morgan fingerprint density at radius 1 is 1.10 bits per heavy atom. The second-order valence-corrected chi connectivity index (χ2v) is 4.90. The van der Waals surface area contributed by atoms with Gasteiger partial charge in [-0.1, -0.05) is 29.8 Å². The SMILES string of the molecule is Cc1ccc(-c2c[n+]3cccnc3o2)cc1.[O-][Cl+3]([O-])([O-])[O-]. The lowest BCUT2D eigenvalue weighted by atomic mass is 10.1. The molecule has 0 N–H and O–H groups in total. The van der Waals surface area contributed by atoms with Crippen LogP contribution in [0.3, 0.4) is 0 Å². The molecule has 1 aromatic carbocycles. The van der Waals surface area contributed by atoms with Gasteiger partial charge in [0.2, 0.25) is 0 Å². The molecule has 2 heterocycles. The number of benzene rings is 1. The molecule has 0 fully saturated rings. The van der Waals surface area contributed by atoms with Crippen molar-refractivity contribution in [1.29, 1.82) is 0 Å². The molecule has 7 nitrogen and oxygen atoms in total. The first-order valence-electron chi connectivity index (χ1n) is 5.77. The average Bonchev–Trinajstić information content (AvgIpc) is 2.81. The number of fused-ring (bicyclic) bond motifs is 1. The number of hydrogen-bond acceptors (Lipinski definition) is 6. The third-order valence-corrected chi connectivity index (χ3v) is 2.53. The zero-order chi connectivity index (χ0) is 15.5. The molecular weight excluding hydrogens is 300 g/mol. The van der Waals surface area contributed by atoms with Gasteiger partial charge in [0, 0.05) is 11.6 Å². The quantitative estimate of drug-likeness (QED) is 0.463. The van der Waals surface area contributed by atoms with Crippen molar-refractivity contribution in [2.45, 2.75) is 6.92 Å². The Bertz CT molecular complexity index is 682. The number of nitrogens with zero attached hydrogens (tertiary/aromatic N) is 2. The van der Waals surface area contributed by atoms with Gasteiger partial charge < -0.3 is 4.42 Å². The van der Waals surface area contributed by atoms with E-state index in [1.807, 2.05) is 35.0 Å². The summed E-state index contributed by atoms with van der Waals surface area (Å²) in [6.07, 6.45) is 5.58. The van der Waals surface area contributed by atoms with Crippen molar-refractivity contribution >= 4 is 5.84 Å². The van der Waals surface area contributed by atoms with Crippen molar-refractivity contribution in [3.05, 3.63) is 54.5 Å². The Hall–Kier alpha value is -2.03. The fourth-order valence-electron chi connectivity index (χ4n) is 1.65. The Morgan fingerprint density at radius 3 is 2.29 bits per heavy atom. The van der Waals surface area contributed by atoms with Gasteiger partial charge in [0.05, 0.1) is 0 Å². The van der Waals surface area contributed by atoms with E-state index in [0.717, 1.165) is 11.3 Å². The monoisotopic (exact) mass is 310 g/mol. The highest BCUT2D eigenvalue weighted by Gasteiger charge is 2.12. The van der Waals surface area contributed by atoms with Gasteiger partial charge in [-0.3, -0.25) is 0 Å². The number of halogens is 1. The summed E-state index contributed by atoms with van der Waals surface area (Å²) in [5.41, 5.74) is 2.31. The molecule has 0 saturated carbocycles. The summed E-state index contributed by atoms with van der Waals surface area (Å²) in [6.45, 7) is 2.07. The maximum Gasteiger partial charge on any atom is 0.508 e. The minimum atomic E-state index is -4.94.